The Labute approximate surface area is 185 Å². The monoisotopic (exact) mass is 443 g/mol. The van der Waals surface area contributed by atoms with E-state index in [1.165, 1.54) is 19.4 Å². The van der Waals surface area contributed by atoms with Crippen LogP contribution in [0.25, 0.3) is 0 Å². The Balaban J connectivity index is 0.00000272. The first kappa shape index (κ1) is 22.1. The van der Waals surface area contributed by atoms with Crippen molar-refractivity contribution in [1.82, 2.24) is 15.2 Å². The number of hydrogen-bond acceptors (Lipinski definition) is 8. The van der Waals surface area contributed by atoms with Gasteiger partial charge >= 0.3 is 0 Å². The number of methoxy groups -OCH3 is 1. The first-order valence-electron chi connectivity index (χ1n) is 9.42. The summed E-state index contributed by atoms with van der Waals surface area (Å²) in [5, 5.41) is 5.80. The topological polar surface area (TPSA) is 105 Å². The fourth-order valence-electron chi connectivity index (χ4n) is 3.34. The van der Waals surface area contributed by atoms with Crippen molar-refractivity contribution in [3.8, 4) is 11.5 Å². The van der Waals surface area contributed by atoms with E-state index in [0.717, 1.165) is 11.4 Å². The lowest BCUT2D eigenvalue weighted by molar-refractivity contribution is -0.122. The number of aromatic nitrogens is 1. The van der Waals surface area contributed by atoms with Crippen molar-refractivity contribution >= 4 is 35.6 Å². The Bertz CT molecular complexity index is 1060. The van der Waals surface area contributed by atoms with E-state index in [-0.39, 0.29) is 30.7 Å². The number of ketones is 1. The number of halogens is 1. The molecule has 0 saturated carbocycles. The molecule has 0 atom stereocenters. The first-order chi connectivity index (χ1) is 14.6. The molecule has 0 saturated heterocycles. The molecule has 4 rings (SSSR count). The summed E-state index contributed by atoms with van der Waals surface area (Å²) in [7, 11) is 3.07. The van der Waals surface area contributed by atoms with E-state index in [9.17, 15) is 9.59 Å². The van der Waals surface area contributed by atoms with Crippen LogP contribution < -0.4 is 20.1 Å². The summed E-state index contributed by atoms with van der Waals surface area (Å²) >= 11 is 0. The summed E-state index contributed by atoms with van der Waals surface area (Å²) < 4.78 is 11.2. The minimum atomic E-state index is -0.253. The number of likely N-dealkylation sites (N-methyl/N-ethyl adjacent to an activating group) is 1. The number of ether oxygens (including phenoxy) is 2. The van der Waals surface area contributed by atoms with Gasteiger partial charge in [0.05, 0.1) is 19.3 Å². The van der Waals surface area contributed by atoms with Crippen LogP contribution in [0.15, 0.2) is 53.5 Å². The number of carbonyl (C=O) groups excluding carboxylic acids is 2. The summed E-state index contributed by atoms with van der Waals surface area (Å²) in [5.74, 6) is 1.77. The van der Waals surface area contributed by atoms with E-state index >= 15 is 0 Å². The Morgan fingerprint density at radius 3 is 2.87 bits per heavy atom. The number of aliphatic imine (C=N–C) groups is 1. The van der Waals surface area contributed by atoms with Gasteiger partial charge in [-0.1, -0.05) is 0 Å². The zero-order chi connectivity index (χ0) is 21.1. The third-order valence-corrected chi connectivity index (χ3v) is 4.80. The molecule has 0 unspecified atom stereocenters. The number of amidine groups is 1. The molecule has 0 radical (unpaired) electrons. The molecule has 0 bridgehead atoms. The molecule has 0 spiro atoms. The summed E-state index contributed by atoms with van der Waals surface area (Å²) in [6.45, 7) is 1.14. The second kappa shape index (κ2) is 9.48. The van der Waals surface area contributed by atoms with Crippen molar-refractivity contribution in [3.63, 3.8) is 0 Å². The van der Waals surface area contributed by atoms with E-state index in [2.05, 4.69) is 20.6 Å². The number of nitrogens with zero attached hydrogens (tertiary/aromatic N) is 3. The Morgan fingerprint density at radius 1 is 1.32 bits per heavy atom. The molecule has 2 aliphatic rings. The number of pyridine rings is 1. The van der Waals surface area contributed by atoms with Gasteiger partial charge in [0.15, 0.2) is 23.9 Å². The molecule has 10 heteroatoms. The molecule has 9 nitrogen and oxygen atoms in total. The Morgan fingerprint density at radius 2 is 2.16 bits per heavy atom. The maximum absolute atomic E-state index is 12.7. The number of fused-ring (bicyclic) bond motifs is 3. The van der Waals surface area contributed by atoms with Gasteiger partial charge < -0.3 is 25.0 Å². The highest BCUT2D eigenvalue weighted by molar-refractivity contribution is 6.11. The van der Waals surface area contributed by atoms with Crippen LogP contribution in [0.2, 0.25) is 0 Å². The number of allylic oxidation sites excluding steroid dienone is 1. The molecular weight excluding hydrogens is 422 g/mol. The van der Waals surface area contributed by atoms with Gasteiger partial charge in [0.1, 0.15) is 11.7 Å². The fourth-order valence-corrected chi connectivity index (χ4v) is 3.34. The molecule has 3 heterocycles. The van der Waals surface area contributed by atoms with E-state index in [0.29, 0.717) is 41.7 Å². The highest BCUT2D eigenvalue weighted by Gasteiger charge is 2.33. The Kier molecular flexibility index (Phi) is 6.76. The molecular formula is C21H22ClN5O4. The average molecular weight is 444 g/mol. The highest BCUT2D eigenvalue weighted by atomic mass is 35.5. The standard InChI is InChI=1S/C21H21N5O4.ClH/c1-22-18(28)12-30-16-6-5-14-19(20(16)29-2)25-17(26-9-8-24-21(14)26)10-15(27)13-4-3-7-23-11-13;/h3-7,10-11,25H,8-9,12H2,1-2H3,(H,22,28);1H. The lowest BCUT2D eigenvalue weighted by atomic mass is 10.1. The fraction of sp³-hybridized carbons (Fsp3) is 0.238. The predicted octanol–water partition coefficient (Wildman–Crippen LogP) is 1.85. The van der Waals surface area contributed by atoms with Crippen molar-refractivity contribution < 1.29 is 19.1 Å². The molecule has 31 heavy (non-hydrogen) atoms. The number of nitrogens with one attached hydrogen (secondary N) is 2. The molecule has 1 aromatic carbocycles. The normalized spacial score (nSPS) is 15.1. The summed E-state index contributed by atoms with van der Waals surface area (Å²) in [5.41, 5.74) is 1.96. The number of rotatable bonds is 6. The predicted molar refractivity (Wildman–Crippen MR) is 118 cm³/mol. The second-order valence-electron chi connectivity index (χ2n) is 6.60. The van der Waals surface area contributed by atoms with Crippen LogP contribution in [0.1, 0.15) is 15.9 Å². The molecule has 2 aliphatic heterocycles. The van der Waals surface area contributed by atoms with E-state index < -0.39 is 0 Å². The quantitative estimate of drug-likeness (QED) is 0.518. The molecule has 0 aliphatic carbocycles. The van der Waals surface area contributed by atoms with Crippen LogP contribution in [-0.4, -0.2) is 61.3 Å². The molecule has 162 valence electrons. The Hall–Kier alpha value is -3.59. The van der Waals surface area contributed by atoms with Crippen LogP contribution in [0, 0.1) is 0 Å². The third kappa shape index (κ3) is 4.31. The van der Waals surface area contributed by atoms with Gasteiger partial charge in [-0.2, -0.15) is 0 Å². The zero-order valence-corrected chi connectivity index (χ0v) is 17.9. The number of amides is 1. The molecule has 2 aromatic rings. The van der Waals surface area contributed by atoms with Gasteiger partial charge in [-0.05, 0) is 24.3 Å². The molecule has 2 N–H and O–H groups in total. The summed E-state index contributed by atoms with van der Waals surface area (Å²) in [6, 6.07) is 7.04. The van der Waals surface area contributed by atoms with Gasteiger partial charge in [-0.25, -0.2) is 0 Å². The van der Waals surface area contributed by atoms with Crippen molar-refractivity contribution in [3.05, 3.63) is 59.7 Å². The van der Waals surface area contributed by atoms with E-state index in [1.807, 2.05) is 11.0 Å². The first-order valence-corrected chi connectivity index (χ1v) is 9.42. The number of anilines is 1. The largest absolute Gasteiger partial charge is 0.491 e. The maximum Gasteiger partial charge on any atom is 0.257 e. The number of hydrogen-bond donors (Lipinski definition) is 2. The van der Waals surface area contributed by atoms with Crippen LogP contribution in [0.5, 0.6) is 11.5 Å². The van der Waals surface area contributed by atoms with Crippen molar-refractivity contribution in [2.24, 2.45) is 4.99 Å². The molecule has 1 amide bonds. The minimum absolute atomic E-state index is 0. The lowest BCUT2D eigenvalue weighted by Crippen LogP contribution is -2.36. The van der Waals surface area contributed by atoms with E-state index in [4.69, 9.17) is 9.47 Å². The van der Waals surface area contributed by atoms with Crippen molar-refractivity contribution in [1.29, 1.82) is 0 Å². The van der Waals surface area contributed by atoms with Crippen LogP contribution in [0.4, 0.5) is 5.69 Å². The van der Waals surface area contributed by atoms with Gasteiger partial charge in [0.25, 0.3) is 5.91 Å². The minimum Gasteiger partial charge on any atom is -0.491 e. The van der Waals surface area contributed by atoms with Crippen LogP contribution in [-0.2, 0) is 4.79 Å². The highest BCUT2D eigenvalue weighted by Crippen LogP contribution is 2.42. The number of carbonyl (C=O) groups is 2. The van der Waals surface area contributed by atoms with Crippen LogP contribution in [0.3, 0.4) is 0 Å². The third-order valence-electron chi connectivity index (χ3n) is 4.80. The van der Waals surface area contributed by atoms with Gasteiger partial charge in [0.2, 0.25) is 0 Å². The molecule has 1 aromatic heterocycles. The van der Waals surface area contributed by atoms with Crippen molar-refractivity contribution in [2.75, 3.05) is 39.2 Å². The van der Waals surface area contributed by atoms with Gasteiger partial charge in [0, 0.05) is 43.2 Å². The van der Waals surface area contributed by atoms with Gasteiger partial charge in [-0.15, -0.1) is 12.4 Å². The second-order valence-corrected chi connectivity index (χ2v) is 6.60. The van der Waals surface area contributed by atoms with E-state index in [1.54, 1.807) is 31.4 Å². The average Bonchev–Trinajstić information content (AvgIpc) is 3.28. The summed E-state index contributed by atoms with van der Waals surface area (Å²) in [4.78, 5) is 34.8. The smallest absolute Gasteiger partial charge is 0.257 e. The number of benzene rings is 1. The van der Waals surface area contributed by atoms with Crippen LogP contribution >= 0.6 is 12.4 Å². The van der Waals surface area contributed by atoms with Crippen molar-refractivity contribution in [2.45, 2.75) is 0 Å². The molecule has 0 fully saturated rings. The lowest BCUT2D eigenvalue weighted by Gasteiger charge is -2.32. The zero-order valence-electron chi connectivity index (χ0n) is 17.0. The van der Waals surface area contributed by atoms with Gasteiger partial charge in [-0.3, -0.25) is 19.6 Å². The summed E-state index contributed by atoms with van der Waals surface area (Å²) in [6.07, 6.45) is 4.67. The maximum atomic E-state index is 12.7. The SMILES string of the molecule is CNC(=O)COc1ccc2c(c1OC)NC(=CC(=O)c1cccnc1)N1CCN=C21.Cl.